The Kier molecular flexibility index (Phi) is 49.0. The second-order valence-electron chi connectivity index (χ2n) is 1.22. The van der Waals surface area contributed by atoms with E-state index < -0.39 is 31.2 Å². The van der Waals surface area contributed by atoms with Gasteiger partial charge in [-0.1, -0.05) is 0 Å². The van der Waals surface area contributed by atoms with Crippen molar-refractivity contribution in [3.63, 3.8) is 0 Å². The quantitative estimate of drug-likeness (QED) is 0.248. The van der Waals surface area contributed by atoms with Gasteiger partial charge >= 0.3 is 37.1 Å². The summed E-state index contributed by atoms with van der Waals surface area (Å²) in [4.78, 5) is 0. The minimum absolute atomic E-state index is 0. The Bertz CT molecular complexity index is 342. The minimum Gasteiger partial charge on any atom is -0.759 e. The summed E-state index contributed by atoms with van der Waals surface area (Å²) < 4.78 is 102. The van der Waals surface area contributed by atoms with E-state index in [4.69, 9.17) is 52.6 Å². The van der Waals surface area contributed by atoms with Gasteiger partial charge in [0.25, 0.3) is 0 Å². The van der Waals surface area contributed by atoms with E-state index in [0.717, 1.165) is 0 Å². The Morgan fingerprint density at radius 1 is 0.400 bits per heavy atom. The van der Waals surface area contributed by atoms with Gasteiger partial charge in [-0.2, -0.15) is 0 Å². The second kappa shape index (κ2) is 19.7. The van der Waals surface area contributed by atoms with Gasteiger partial charge in [0.05, 0.1) is 0 Å². The van der Waals surface area contributed by atoms with Crippen molar-refractivity contribution < 1.29 is 106 Å². The summed E-state index contributed by atoms with van der Waals surface area (Å²) in [5, 5.41) is 0. The summed E-state index contributed by atoms with van der Waals surface area (Å²) in [6, 6.07) is 0. The molecule has 0 heterocycles. The first-order valence-electron chi connectivity index (χ1n) is 2.00. The van der Waals surface area contributed by atoms with Crippen LogP contribution < -0.4 is 0 Å². The van der Waals surface area contributed by atoms with Crippen molar-refractivity contribution in [1.29, 1.82) is 0 Å². The minimum atomic E-state index is -5.17. The molecule has 20 heavy (non-hydrogen) atoms. The predicted molar refractivity (Wildman–Crippen MR) is 42.3 cm³/mol. The molecule has 0 aliphatic rings. The van der Waals surface area contributed by atoms with Crippen LogP contribution in [0.15, 0.2) is 0 Å². The Morgan fingerprint density at radius 3 is 0.400 bits per heavy atom. The van der Waals surface area contributed by atoms with Crippen molar-refractivity contribution in [2.24, 2.45) is 0 Å². The SMILES string of the molecule is O.O.O.O=S(=O)([O-])[O-].O=S(=O)([O-])[O-].O=S(=O)([O-])[O-].[V+3].[V+3]. The largest absolute Gasteiger partial charge is 3.00 e. The molecule has 0 saturated heterocycles. The molecule has 6 N–H and O–H groups in total. The summed E-state index contributed by atoms with van der Waals surface area (Å²) in [5.74, 6) is 0. The molecule has 0 aromatic carbocycles. The standard InChI is InChI=1S/3H2O4S.3H2O.2V/c3*1-5(2,3)4;;;;;/h3*(H2,1,2,3,4);3*1H2;;/q;;;;;;2*+3/p-6. The van der Waals surface area contributed by atoms with Gasteiger partial charge in [0, 0.05) is 31.2 Å². The molecule has 0 atom stereocenters. The van der Waals surface area contributed by atoms with Crippen LogP contribution in [0.25, 0.3) is 0 Å². The maximum Gasteiger partial charge on any atom is 3.00 e. The summed E-state index contributed by atoms with van der Waals surface area (Å²) in [7, 11) is -15.5. The molecule has 0 aliphatic carbocycles. The third-order valence-corrected chi connectivity index (χ3v) is 0. The first kappa shape index (κ1) is 49.8. The first-order chi connectivity index (χ1) is 6.00. The topological polar surface area (TPSA) is 335 Å². The average Bonchev–Trinajstić information content (AvgIpc) is 1.41. The van der Waals surface area contributed by atoms with Gasteiger partial charge in [-0.05, 0) is 0 Å². The van der Waals surface area contributed by atoms with E-state index in [1.54, 1.807) is 0 Å². The van der Waals surface area contributed by atoms with E-state index in [1.165, 1.54) is 0 Å². The fourth-order valence-corrected chi connectivity index (χ4v) is 0. The van der Waals surface area contributed by atoms with E-state index in [9.17, 15) is 0 Å². The molecule has 0 rings (SSSR count). The van der Waals surface area contributed by atoms with Crippen LogP contribution in [-0.4, -0.2) is 69.0 Å². The fraction of sp³-hybridized carbons (Fsp3) is 0. The Hall–Kier alpha value is 0.659. The summed E-state index contributed by atoms with van der Waals surface area (Å²) in [6.07, 6.45) is 0. The van der Waals surface area contributed by atoms with Crippen LogP contribution in [0.3, 0.4) is 0 Å². The van der Waals surface area contributed by atoms with E-state index in [2.05, 4.69) is 0 Å². The van der Waals surface area contributed by atoms with E-state index in [1.807, 2.05) is 0 Å². The third kappa shape index (κ3) is 13400. The molecule has 0 amide bonds. The molecular formula is H6O15S3V2. The van der Waals surface area contributed by atoms with Crippen LogP contribution in [-0.2, 0) is 68.3 Å². The molecule has 0 radical (unpaired) electrons. The first-order valence-corrected chi connectivity index (χ1v) is 6.00. The third-order valence-electron chi connectivity index (χ3n) is 0. The van der Waals surface area contributed by atoms with Crippen LogP contribution in [0.1, 0.15) is 0 Å². The number of rotatable bonds is 0. The maximum absolute atomic E-state index is 8.52. The smallest absolute Gasteiger partial charge is 0.759 e. The molecule has 0 unspecified atom stereocenters. The van der Waals surface area contributed by atoms with Crippen molar-refractivity contribution in [2.75, 3.05) is 0 Å². The van der Waals surface area contributed by atoms with E-state index in [0.29, 0.717) is 0 Å². The van der Waals surface area contributed by atoms with Gasteiger partial charge < -0.3 is 43.7 Å². The van der Waals surface area contributed by atoms with Gasteiger partial charge in [0.2, 0.25) is 0 Å². The molecule has 0 saturated carbocycles. The second-order valence-corrected chi connectivity index (χ2v) is 3.67. The van der Waals surface area contributed by atoms with Crippen molar-refractivity contribution in [1.82, 2.24) is 0 Å². The molecule has 15 nitrogen and oxygen atoms in total. The summed E-state index contributed by atoms with van der Waals surface area (Å²) >= 11 is 0. The van der Waals surface area contributed by atoms with Crippen LogP contribution >= 0.6 is 0 Å². The zero-order chi connectivity index (χ0) is 13.5. The van der Waals surface area contributed by atoms with Crippen LogP contribution in [0.2, 0.25) is 0 Å². The van der Waals surface area contributed by atoms with Crippen molar-refractivity contribution in [2.45, 2.75) is 0 Å². The number of hydrogen-bond donors (Lipinski definition) is 0. The van der Waals surface area contributed by atoms with E-state index >= 15 is 0 Å². The Morgan fingerprint density at radius 2 is 0.400 bits per heavy atom. The van der Waals surface area contributed by atoms with Crippen molar-refractivity contribution >= 4 is 31.2 Å². The summed E-state index contributed by atoms with van der Waals surface area (Å²) in [5.41, 5.74) is 0. The maximum atomic E-state index is 8.52. The molecule has 0 fully saturated rings. The van der Waals surface area contributed by atoms with Crippen molar-refractivity contribution in [3.05, 3.63) is 0 Å². The van der Waals surface area contributed by atoms with Crippen LogP contribution in [0.5, 0.6) is 0 Å². The zero-order valence-electron chi connectivity index (χ0n) is 8.52. The molecule has 0 aromatic rings. The Balaban J connectivity index is -0.0000000160. The molecular weight excluding hydrogens is 438 g/mol. The fourth-order valence-electron chi connectivity index (χ4n) is 0. The van der Waals surface area contributed by atoms with Crippen molar-refractivity contribution in [3.8, 4) is 0 Å². The zero-order valence-corrected chi connectivity index (χ0v) is 13.8. The monoisotopic (exact) mass is 444 g/mol. The molecule has 0 aromatic heterocycles. The molecule has 124 valence electrons. The van der Waals surface area contributed by atoms with Gasteiger partial charge in [0.15, 0.2) is 0 Å². The summed E-state index contributed by atoms with van der Waals surface area (Å²) in [6.45, 7) is 0. The molecule has 0 spiro atoms. The molecule has 0 aliphatic heterocycles. The average molecular weight is 444 g/mol. The molecule has 20 heteroatoms. The van der Waals surface area contributed by atoms with Gasteiger partial charge in [-0.15, -0.1) is 0 Å². The predicted octanol–water partition coefficient (Wildman–Crippen LogP) is -6.49. The normalized spacial score (nSPS) is 8.70. The van der Waals surface area contributed by atoms with Gasteiger partial charge in [-0.25, -0.2) is 0 Å². The van der Waals surface area contributed by atoms with Gasteiger partial charge in [0.1, 0.15) is 0 Å². The Labute approximate surface area is 137 Å². The van der Waals surface area contributed by atoms with Gasteiger partial charge in [-0.3, -0.25) is 25.3 Å². The van der Waals surface area contributed by atoms with Crippen LogP contribution in [0.4, 0.5) is 0 Å². The van der Waals surface area contributed by atoms with E-state index in [-0.39, 0.29) is 53.5 Å². The molecule has 0 bridgehead atoms. The van der Waals surface area contributed by atoms with Crippen LogP contribution in [0, 0.1) is 0 Å². The number of hydrogen-bond acceptors (Lipinski definition) is 12.